The minimum atomic E-state index is -1.42. The number of benzene rings is 2. The normalized spacial score (nSPS) is 11.3. The van der Waals surface area contributed by atoms with Gasteiger partial charge in [-0.3, -0.25) is 4.79 Å². The number of carbonyl (C=O) groups is 1. The molecule has 6 heteroatoms. The highest BCUT2D eigenvalue weighted by Gasteiger charge is 2.22. The predicted octanol–water partition coefficient (Wildman–Crippen LogP) is 5.80. The standard InChI is InChI=1S/C19H22Cl2O3Si/c1-12-9-16(23-2)17(24-11-25(3,4)5)10-13(12)19(22)18-14(20)7-6-8-15(18)21/h6-10H,11H2,1-5H3. The van der Waals surface area contributed by atoms with Crippen LogP contribution in [0.5, 0.6) is 11.5 Å². The lowest BCUT2D eigenvalue weighted by molar-refractivity contribution is 0.103. The Morgan fingerprint density at radius 1 is 1.08 bits per heavy atom. The Balaban J connectivity index is 2.49. The molecule has 0 saturated heterocycles. The fraction of sp³-hybridized carbons (Fsp3) is 0.316. The SMILES string of the molecule is COc1cc(C)c(C(=O)c2c(Cl)cccc2Cl)cc1OC[Si](C)(C)C. The molecule has 0 unspecified atom stereocenters. The van der Waals surface area contributed by atoms with Gasteiger partial charge in [0.15, 0.2) is 17.3 Å². The maximum atomic E-state index is 13.0. The lowest BCUT2D eigenvalue weighted by Crippen LogP contribution is -2.30. The van der Waals surface area contributed by atoms with Gasteiger partial charge >= 0.3 is 0 Å². The van der Waals surface area contributed by atoms with Gasteiger partial charge in [0.25, 0.3) is 0 Å². The highest BCUT2D eigenvalue weighted by molar-refractivity contribution is 6.76. The molecule has 0 aromatic heterocycles. The smallest absolute Gasteiger partial charge is 0.196 e. The van der Waals surface area contributed by atoms with Gasteiger partial charge in [0.05, 0.1) is 37.0 Å². The Morgan fingerprint density at radius 2 is 1.68 bits per heavy atom. The summed E-state index contributed by atoms with van der Waals surface area (Å²) in [6.07, 6.45) is 0.632. The van der Waals surface area contributed by atoms with Crippen LogP contribution < -0.4 is 9.47 Å². The minimum absolute atomic E-state index is 0.228. The molecule has 2 aromatic rings. The Bertz CT molecular complexity index is 778. The van der Waals surface area contributed by atoms with Crippen LogP contribution >= 0.6 is 23.2 Å². The monoisotopic (exact) mass is 396 g/mol. The van der Waals surface area contributed by atoms with Crippen molar-refractivity contribution in [1.29, 1.82) is 0 Å². The number of hydrogen-bond acceptors (Lipinski definition) is 3. The summed E-state index contributed by atoms with van der Waals surface area (Å²) in [5.41, 5.74) is 1.58. The lowest BCUT2D eigenvalue weighted by atomic mass is 9.98. The molecule has 2 aromatic carbocycles. The Kier molecular flexibility index (Phi) is 6.19. The molecule has 0 N–H and O–H groups in total. The van der Waals surface area contributed by atoms with E-state index in [2.05, 4.69) is 19.6 Å². The summed E-state index contributed by atoms with van der Waals surface area (Å²) in [6, 6.07) is 8.54. The van der Waals surface area contributed by atoms with Gasteiger partial charge in [-0.2, -0.15) is 0 Å². The van der Waals surface area contributed by atoms with Crippen molar-refractivity contribution in [3.8, 4) is 11.5 Å². The van der Waals surface area contributed by atoms with Gasteiger partial charge in [0.1, 0.15) is 0 Å². The molecule has 0 aliphatic rings. The first kappa shape index (κ1) is 19.8. The van der Waals surface area contributed by atoms with Crippen LogP contribution in [0.1, 0.15) is 21.5 Å². The molecule has 0 spiro atoms. The Morgan fingerprint density at radius 3 is 2.20 bits per heavy atom. The number of carbonyl (C=O) groups excluding carboxylic acids is 1. The lowest BCUT2D eigenvalue weighted by Gasteiger charge is -2.19. The van der Waals surface area contributed by atoms with E-state index >= 15 is 0 Å². The van der Waals surface area contributed by atoms with E-state index in [9.17, 15) is 4.79 Å². The van der Waals surface area contributed by atoms with Gasteiger partial charge in [-0.1, -0.05) is 48.9 Å². The summed E-state index contributed by atoms with van der Waals surface area (Å²) < 4.78 is 11.4. The van der Waals surface area contributed by atoms with Crippen LogP contribution in [0.2, 0.25) is 29.7 Å². The molecule has 25 heavy (non-hydrogen) atoms. The largest absolute Gasteiger partial charge is 0.493 e. The summed E-state index contributed by atoms with van der Waals surface area (Å²) >= 11 is 12.4. The summed E-state index contributed by atoms with van der Waals surface area (Å²) in [5.74, 6) is 0.938. The quantitative estimate of drug-likeness (QED) is 0.457. The van der Waals surface area contributed by atoms with E-state index in [1.165, 1.54) is 0 Å². The van der Waals surface area contributed by atoms with Crippen LogP contribution in [0, 0.1) is 6.92 Å². The topological polar surface area (TPSA) is 35.5 Å². The average molecular weight is 397 g/mol. The van der Waals surface area contributed by atoms with Crippen molar-refractivity contribution in [1.82, 2.24) is 0 Å². The zero-order chi connectivity index (χ0) is 18.8. The van der Waals surface area contributed by atoms with E-state index in [0.29, 0.717) is 38.9 Å². The van der Waals surface area contributed by atoms with Gasteiger partial charge in [0.2, 0.25) is 0 Å². The van der Waals surface area contributed by atoms with Crippen LogP contribution in [0.4, 0.5) is 0 Å². The number of ketones is 1. The van der Waals surface area contributed by atoms with Crippen molar-refractivity contribution in [2.45, 2.75) is 26.6 Å². The second kappa shape index (κ2) is 7.81. The number of aryl methyl sites for hydroxylation is 1. The van der Waals surface area contributed by atoms with E-state index in [1.54, 1.807) is 37.4 Å². The first-order valence-corrected chi connectivity index (χ1v) is 12.4. The molecule has 0 heterocycles. The molecule has 0 saturated carbocycles. The number of rotatable bonds is 6. The number of ether oxygens (including phenoxy) is 2. The first-order chi connectivity index (χ1) is 11.6. The third kappa shape index (κ3) is 4.78. The van der Waals surface area contributed by atoms with Gasteiger partial charge in [-0.05, 0) is 36.8 Å². The second-order valence-corrected chi connectivity index (χ2v) is 13.3. The van der Waals surface area contributed by atoms with E-state index in [4.69, 9.17) is 32.7 Å². The molecule has 0 bridgehead atoms. The second-order valence-electron chi connectivity index (χ2n) is 7.09. The maximum Gasteiger partial charge on any atom is 0.196 e. The molecule has 0 radical (unpaired) electrons. The summed E-state index contributed by atoms with van der Waals surface area (Å²) in [4.78, 5) is 13.0. The van der Waals surface area contributed by atoms with Crippen LogP contribution in [-0.4, -0.2) is 27.2 Å². The highest BCUT2D eigenvalue weighted by atomic mass is 35.5. The molecule has 0 fully saturated rings. The Hall–Kier alpha value is -1.49. The van der Waals surface area contributed by atoms with Crippen molar-refractivity contribution < 1.29 is 14.3 Å². The van der Waals surface area contributed by atoms with E-state index in [0.717, 1.165) is 5.56 Å². The average Bonchev–Trinajstić information content (AvgIpc) is 2.52. The van der Waals surface area contributed by atoms with Crippen molar-refractivity contribution in [3.63, 3.8) is 0 Å². The molecule has 0 atom stereocenters. The summed E-state index contributed by atoms with van der Waals surface area (Å²) in [5, 5.41) is 0.662. The fourth-order valence-corrected chi connectivity index (χ4v) is 3.48. The highest BCUT2D eigenvalue weighted by Crippen LogP contribution is 2.34. The van der Waals surface area contributed by atoms with Crippen molar-refractivity contribution in [2.75, 3.05) is 13.3 Å². The van der Waals surface area contributed by atoms with Crippen LogP contribution in [0.25, 0.3) is 0 Å². The zero-order valence-electron chi connectivity index (χ0n) is 15.1. The molecule has 2 rings (SSSR count). The van der Waals surface area contributed by atoms with E-state index in [1.807, 2.05) is 6.92 Å². The fourth-order valence-electron chi connectivity index (χ4n) is 2.32. The summed E-state index contributed by atoms with van der Waals surface area (Å²) in [6.45, 7) is 8.48. The third-order valence-corrected chi connectivity index (χ3v) is 5.25. The summed E-state index contributed by atoms with van der Waals surface area (Å²) in [7, 11) is 0.165. The third-order valence-electron chi connectivity index (χ3n) is 3.61. The van der Waals surface area contributed by atoms with Gasteiger partial charge in [-0.15, -0.1) is 0 Å². The van der Waals surface area contributed by atoms with Gasteiger partial charge in [-0.25, -0.2) is 0 Å². The molecule has 0 aliphatic carbocycles. The van der Waals surface area contributed by atoms with Gasteiger partial charge < -0.3 is 9.47 Å². The van der Waals surface area contributed by atoms with Gasteiger partial charge in [0, 0.05) is 5.56 Å². The number of hydrogen-bond donors (Lipinski definition) is 0. The first-order valence-electron chi connectivity index (χ1n) is 7.94. The minimum Gasteiger partial charge on any atom is -0.493 e. The number of halogens is 2. The van der Waals surface area contributed by atoms with Crippen LogP contribution in [0.15, 0.2) is 30.3 Å². The van der Waals surface area contributed by atoms with E-state index < -0.39 is 8.07 Å². The molecular formula is C19H22Cl2O3Si. The molecule has 134 valence electrons. The molecular weight excluding hydrogens is 375 g/mol. The Labute approximate surface area is 159 Å². The molecule has 0 amide bonds. The maximum absolute atomic E-state index is 13.0. The van der Waals surface area contributed by atoms with E-state index in [-0.39, 0.29) is 5.78 Å². The predicted molar refractivity (Wildman–Crippen MR) is 106 cm³/mol. The van der Waals surface area contributed by atoms with Crippen molar-refractivity contribution in [3.05, 3.63) is 57.1 Å². The zero-order valence-corrected chi connectivity index (χ0v) is 17.6. The number of methoxy groups -OCH3 is 1. The van der Waals surface area contributed by atoms with Crippen molar-refractivity contribution in [2.24, 2.45) is 0 Å². The molecule has 3 nitrogen and oxygen atoms in total. The van der Waals surface area contributed by atoms with Crippen LogP contribution in [0.3, 0.4) is 0 Å². The molecule has 0 aliphatic heterocycles. The van der Waals surface area contributed by atoms with Crippen LogP contribution in [-0.2, 0) is 0 Å². The van der Waals surface area contributed by atoms with Crippen molar-refractivity contribution >= 4 is 37.1 Å².